The maximum absolute atomic E-state index is 11.9. The van der Waals surface area contributed by atoms with Crippen molar-refractivity contribution in [3.8, 4) is 0 Å². The highest BCUT2D eigenvalue weighted by atomic mass is 35.5. The molecule has 92 valence electrons. The van der Waals surface area contributed by atoms with Crippen LogP contribution >= 0.6 is 11.6 Å². The third kappa shape index (κ3) is 3.17. The fraction of sp³-hybridized carbons (Fsp3) is 0.364. The van der Waals surface area contributed by atoms with Crippen LogP contribution in [0.4, 0.5) is 0 Å². The van der Waals surface area contributed by atoms with E-state index in [0.717, 1.165) is 13.1 Å². The fourth-order valence-electron chi connectivity index (χ4n) is 1.68. The topological polar surface area (TPSA) is 61.6 Å². The minimum absolute atomic E-state index is 0.180. The quantitative estimate of drug-likeness (QED) is 0.754. The summed E-state index contributed by atoms with van der Waals surface area (Å²) in [6, 6.07) is 7.00. The van der Waals surface area contributed by atoms with Gasteiger partial charge in [0.1, 0.15) is 0 Å². The van der Waals surface area contributed by atoms with Gasteiger partial charge < -0.3 is 0 Å². The molecule has 1 aromatic carbocycles. The van der Waals surface area contributed by atoms with Crippen LogP contribution in [0.2, 0.25) is 5.02 Å². The van der Waals surface area contributed by atoms with E-state index in [1.807, 2.05) is 5.01 Å². The van der Waals surface area contributed by atoms with Crippen molar-refractivity contribution in [3.63, 3.8) is 0 Å². The monoisotopic (exact) mass is 254 g/mol. The molecule has 1 aromatic rings. The highest BCUT2D eigenvalue weighted by Gasteiger charge is 2.17. The van der Waals surface area contributed by atoms with E-state index in [0.29, 0.717) is 23.7 Å². The Hall–Kier alpha value is -1.14. The molecular formula is C11H15ClN4O. The summed E-state index contributed by atoms with van der Waals surface area (Å²) in [7, 11) is 0. The minimum Gasteiger partial charge on any atom is -0.285 e. The van der Waals surface area contributed by atoms with Gasteiger partial charge in [-0.15, -0.1) is 0 Å². The molecule has 1 fully saturated rings. The molecule has 3 N–H and O–H groups in total. The molecule has 6 heteroatoms. The van der Waals surface area contributed by atoms with E-state index in [-0.39, 0.29) is 5.91 Å². The number of halogens is 1. The minimum atomic E-state index is -0.180. The maximum Gasteiger partial charge on any atom is 0.267 e. The van der Waals surface area contributed by atoms with Crippen LogP contribution < -0.4 is 11.3 Å². The standard InChI is InChI=1S/C11H15ClN4O/c12-10-4-2-1-3-9(10)11(17)14-16-7-5-15(13)6-8-16/h1-4H,5-8,13H2,(H,14,17). The molecule has 1 aliphatic heterocycles. The Balaban J connectivity index is 1.96. The van der Waals surface area contributed by atoms with Gasteiger partial charge in [0.15, 0.2) is 0 Å². The van der Waals surface area contributed by atoms with Crippen LogP contribution in [0.15, 0.2) is 24.3 Å². The van der Waals surface area contributed by atoms with Gasteiger partial charge in [0, 0.05) is 26.2 Å². The summed E-state index contributed by atoms with van der Waals surface area (Å²) < 4.78 is 0. The third-order valence-electron chi connectivity index (χ3n) is 2.69. The Kier molecular flexibility index (Phi) is 3.96. The van der Waals surface area contributed by atoms with Gasteiger partial charge in [0.05, 0.1) is 10.6 Å². The Labute approximate surface area is 105 Å². The highest BCUT2D eigenvalue weighted by molar-refractivity contribution is 6.33. The Morgan fingerprint density at radius 3 is 2.53 bits per heavy atom. The number of amides is 1. The lowest BCUT2D eigenvalue weighted by Crippen LogP contribution is -2.55. The number of hydrogen-bond donors (Lipinski definition) is 2. The van der Waals surface area contributed by atoms with E-state index in [9.17, 15) is 4.79 Å². The van der Waals surface area contributed by atoms with Crippen molar-refractivity contribution in [2.24, 2.45) is 5.84 Å². The zero-order chi connectivity index (χ0) is 12.3. The molecule has 1 heterocycles. The number of hydrazine groups is 2. The number of benzene rings is 1. The van der Waals surface area contributed by atoms with Gasteiger partial charge in [-0.2, -0.15) is 0 Å². The molecule has 0 spiro atoms. The summed E-state index contributed by atoms with van der Waals surface area (Å²) in [6.07, 6.45) is 0. The van der Waals surface area contributed by atoms with Crippen LogP contribution in [0, 0.1) is 0 Å². The van der Waals surface area contributed by atoms with Gasteiger partial charge in [-0.25, -0.2) is 10.0 Å². The van der Waals surface area contributed by atoms with Crippen LogP contribution in [0.25, 0.3) is 0 Å². The first-order valence-corrected chi connectivity index (χ1v) is 5.85. The zero-order valence-electron chi connectivity index (χ0n) is 9.40. The molecule has 0 bridgehead atoms. The van der Waals surface area contributed by atoms with Crippen LogP contribution in [0.1, 0.15) is 10.4 Å². The number of nitrogens with zero attached hydrogens (tertiary/aromatic N) is 2. The van der Waals surface area contributed by atoms with Crippen molar-refractivity contribution < 1.29 is 4.79 Å². The molecule has 5 nitrogen and oxygen atoms in total. The lowest BCUT2D eigenvalue weighted by Gasteiger charge is -2.31. The molecule has 1 saturated heterocycles. The van der Waals surface area contributed by atoms with E-state index in [4.69, 9.17) is 17.4 Å². The van der Waals surface area contributed by atoms with Crippen LogP contribution in [-0.4, -0.2) is 42.1 Å². The first-order valence-electron chi connectivity index (χ1n) is 5.47. The number of carbonyl (C=O) groups is 1. The first-order chi connectivity index (χ1) is 8.16. The number of rotatable bonds is 2. The van der Waals surface area contributed by atoms with Crippen molar-refractivity contribution in [3.05, 3.63) is 34.9 Å². The maximum atomic E-state index is 11.9. The number of nitrogens with one attached hydrogen (secondary N) is 1. The Bertz CT molecular complexity index is 404. The largest absolute Gasteiger partial charge is 0.285 e. The van der Waals surface area contributed by atoms with Crippen LogP contribution in [-0.2, 0) is 0 Å². The first kappa shape index (κ1) is 12.3. The fourth-order valence-corrected chi connectivity index (χ4v) is 1.90. The molecule has 1 aliphatic rings. The second kappa shape index (κ2) is 5.46. The predicted octanol–water partition coefficient (Wildman–Crippen LogP) is 0.476. The second-order valence-corrected chi connectivity index (χ2v) is 4.35. The molecule has 0 atom stereocenters. The Morgan fingerprint density at radius 2 is 1.88 bits per heavy atom. The molecule has 0 aromatic heterocycles. The predicted molar refractivity (Wildman–Crippen MR) is 66.3 cm³/mol. The Morgan fingerprint density at radius 1 is 1.24 bits per heavy atom. The molecule has 0 radical (unpaired) electrons. The van der Waals surface area contributed by atoms with E-state index < -0.39 is 0 Å². The molecular weight excluding hydrogens is 240 g/mol. The molecule has 17 heavy (non-hydrogen) atoms. The van der Waals surface area contributed by atoms with E-state index in [2.05, 4.69) is 5.43 Å². The van der Waals surface area contributed by atoms with Gasteiger partial charge >= 0.3 is 0 Å². The van der Waals surface area contributed by atoms with Gasteiger partial charge in [0.25, 0.3) is 5.91 Å². The van der Waals surface area contributed by atoms with Crippen molar-refractivity contribution in [1.82, 2.24) is 15.4 Å². The molecule has 0 unspecified atom stereocenters. The summed E-state index contributed by atoms with van der Waals surface area (Å²) in [5.41, 5.74) is 3.31. The lowest BCUT2D eigenvalue weighted by atomic mass is 10.2. The van der Waals surface area contributed by atoms with Crippen molar-refractivity contribution in [2.45, 2.75) is 0 Å². The van der Waals surface area contributed by atoms with E-state index in [1.54, 1.807) is 29.3 Å². The summed E-state index contributed by atoms with van der Waals surface area (Å²) >= 11 is 5.95. The highest BCUT2D eigenvalue weighted by Crippen LogP contribution is 2.14. The van der Waals surface area contributed by atoms with Crippen LogP contribution in [0.3, 0.4) is 0 Å². The second-order valence-electron chi connectivity index (χ2n) is 3.94. The number of hydrogen-bond acceptors (Lipinski definition) is 4. The number of piperazine rings is 1. The number of nitrogens with two attached hydrogens (primary N) is 1. The van der Waals surface area contributed by atoms with Crippen molar-refractivity contribution in [2.75, 3.05) is 26.2 Å². The van der Waals surface area contributed by atoms with Crippen molar-refractivity contribution >= 4 is 17.5 Å². The van der Waals surface area contributed by atoms with Gasteiger partial charge in [-0.3, -0.25) is 16.1 Å². The van der Waals surface area contributed by atoms with E-state index in [1.165, 1.54) is 0 Å². The zero-order valence-corrected chi connectivity index (χ0v) is 10.2. The summed E-state index contributed by atoms with van der Waals surface area (Å²) in [4.78, 5) is 11.9. The average molecular weight is 255 g/mol. The average Bonchev–Trinajstić information content (AvgIpc) is 2.32. The summed E-state index contributed by atoms with van der Waals surface area (Å²) in [5, 5.41) is 4.05. The van der Waals surface area contributed by atoms with Crippen LogP contribution in [0.5, 0.6) is 0 Å². The van der Waals surface area contributed by atoms with E-state index >= 15 is 0 Å². The summed E-state index contributed by atoms with van der Waals surface area (Å²) in [5.74, 6) is 5.46. The van der Waals surface area contributed by atoms with Gasteiger partial charge in [-0.05, 0) is 12.1 Å². The van der Waals surface area contributed by atoms with Gasteiger partial charge in [-0.1, -0.05) is 23.7 Å². The normalized spacial score (nSPS) is 18.0. The number of carbonyl (C=O) groups excluding carboxylic acids is 1. The molecule has 0 saturated carbocycles. The smallest absolute Gasteiger partial charge is 0.267 e. The lowest BCUT2D eigenvalue weighted by molar-refractivity contribution is 0.0620. The van der Waals surface area contributed by atoms with Gasteiger partial charge in [0.2, 0.25) is 0 Å². The van der Waals surface area contributed by atoms with Crippen molar-refractivity contribution in [1.29, 1.82) is 0 Å². The SMILES string of the molecule is NN1CCN(NC(=O)c2ccccc2Cl)CC1. The summed E-state index contributed by atoms with van der Waals surface area (Å²) in [6.45, 7) is 2.91. The molecule has 2 rings (SSSR count). The molecule has 1 amide bonds. The molecule has 0 aliphatic carbocycles. The third-order valence-corrected chi connectivity index (χ3v) is 3.02.